The van der Waals surface area contributed by atoms with Gasteiger partial charge in [0, 0.05) is 11.3 Å². The summed E-state index contributed by atoms with van der Waals surface area (Å²) in [6.07, 6.45) is 4.02. The quantitative estimate of drug-likeness (QED) is 0.558. The molecule has 0 atom stereocenters. The molecule has 0 N–H and O–H groups in total. The molecule has 0 spiro atoms. The highest BCUT2D eigenvalue weighted by molar-refractivity contribution is 6.71. The molecule has 1 saturated heterocycles. The largest absolute Gasteiger partial charge is 0.786 e. The molecule has 20 heavy (non-hydrogen) atoms. The number of benzene rings is 1. The molecular formula is C17H27AlNO-. The topological polar surface area (TPSA) is 12.5 Å². The van der Waals surface area contributed by atoms with Gasteiger partial charge in [-0.15, -0.1) is 10.6 Å². The number of rotatable bonds is 6. The zero-order valence-electron chi connectivity index (χ0n) is 13.0. The van der Waals surface area contributed by atoms with Gasteiger partial charge in [-0.2, -0.15) is 0 Å². The predicted molar refractivity (Wildman–Crippen MR) is 88.7 cm³/mol. The summed E-state index contributed by atoms with van der Waals surface area (Å²) in [5.41, 5.74) is 1.12. The third kappa shape index (κ3) is 3.47. The highest BCUT2D eigenvalue weighted by Crippen LogP contribution is 2.30. The SMILES string of the molecule is C=C([O][Al-]([CH2]C)([CH2]C)[N]1CCCCC1)c1ccccc1. The average Bonchev–Trinajstić information content (AvgIpc) is 2.54. The van der Waals surface area contributed by atoms with Crippen molar-refractivity contribution in [3.8, 4) is 0 Å². The van der Waals surface area contributed by atoms with Crippen LogP contribution in [0.2, 0.25) is 10.6 Å². The summed E-state index contributed by atoms with van der Waals surface area (Å²) in [5, 5.41) is 2.32. The summed E-state index contributed by atoms with van der Waals surface area (Å²) in [7, 11) is 0. The molecule has 0 aliphatic carbocycles. The Balaban J connectivity index is 2.14. The lowest BCUT2D eigenvalue weighted by Crippen LogP contribution is -2.56. The zero-order chi connectivity index (χ0) is 14.4. The van der Waals surface area contributed by atoms with E-state index in [2.05, 4.69) is 48.6 Å². The molecule has 3 heteroatoms. The molecule has 0 radical (unpaired) electrons. The molecule has 0 amide bonds. The van der Waals surface area contributed by atoms with Crippen LogP contribution in [-0.4, -0.2) is 30.6 Å². The van der Waals surface area contributed by atoms with Crippen molar-refractivity contribution in [2.45, 2.75) is 43.7 Å². The summed E-state index contributed by atoms with van der Waals surface area (Å²) < 4.78 is 9.25. The van der Waals surface area contributed by atoms with Crippen molar-refractivity contribution in [1.29, 1.82) is 0 Å². The predicted octanol–water partition coefficient (Wildman–Crippen LogP) is 4.64. The van der Waals surface area contributed by atoms with Crippen LogP contribution >= 0.6 is 0 Å². The monoisotopic (exact) mass is 288 g/mol. The minimum atomic E-state index is -2.19. The maximum absolute atomic E-state index is 6.56. The maximum atomic E-state index is 6.56. The van der Waals surface area contributed by atoms with Crippen LogP contribution in [-0.2, 0) is 3.79 Å². The Morgan fingerprint density at radius 3 is 2.25 bits per heavy atom. The van der Waals surface area contributed by atoms with Crippen molar-refractivity contribution in [2.75, 3.05) is 13.1 Å². The van der Waals surface area contributed by atoms with E-state index >= 15 is 0 Å². The molecule has 1 aromatic rings. The Labute approximate surface area is 126 Å². The zero-order valence-corrected chi connectivity index (χ0v) is 14.1. The molecule has 1 heterocycles. The van der Waals surface area contributed by atoms with Crippen LogP contribution < -0.4 is 0 Å². The smallest absolute Gasteiger partial charge is 0.473 e. The molecular weight excluding hydrogens is 261 g/mol. The first-order valence-corrected chi connectivity index (χ1v) is 10.7. The maximum Gasteiger partial charge on any atom is 0.473 e. The first-order chi connectivity index (χ1) is 9.72. The van der Waals surface area contributed by atoms with Crippen LogP contribution in [0.4, 0.5) is 0 Å². The highest BCUT2D eigenvalue weighted by atomic mass is 27.3. The van der Waals surface area contributed by atoms with Crippen molar-refractivity contribution in [2.24, 2.45) is 0 Å². The van der Waals surface area contributed by atoms with Gasteiger partial charge in [-0.3, -0.25) is 0 Å². The minimum Gasteiger partial charge on any atom is -0.786 e. The second-order valence-corrected chi connectivity index (χ2v) is 10.7. The van der Waals surface area contributed by atoms with Crippen molar-refractivity contribution in [3.05, 3.63) is 42.5 Å². The molecule has 1 aliphatic rings. The Morgan fingerprint density at radius 2 is 1.70 bits per heavy atom. The number of nitrogens with zero attached hydrogens (tertiary/aromatic N) is 1. The van der Waals surface area contributed by atoms with Crippen LogP contribution in [0.3, 0.4) is 0 Å². The van der Waals surface area contributed by atoms with E-state index in [1.165, 1.54) is 32.4 Å². The normalized spacial score (nSPS) is 16.9. The van der Waals surface area contributed by atoms with Crippen LogP contribution in [0.15, 0.2) is 36.9 Å². The van der Waals surface area contributed by atoms with Gasteiger partial charge in [0.1, 0.15) is 0 Å². The molecule has 0 saturated carbocycles. The summed E-state index contributed by atoms with van der Waals surface area (Å²) in [5.74, 6) is 0.866. The second kappa shape index (κ2) is 7.31. The van der Waals surface area contributed by atoms with E-state index in [0.29, 0.717) is 0 Å². The molecule has 1 aromatic carbocycles. The lowest BCUT2D eigenvalue weighted by atomic mass is 10.2. The van der Waals surface area contributed by atoms with Crippen LogP contribution in [0, 0.1) is 0 Å². The van der Waals surface area contributed by atoms with Crippen molar-refractivity contribution >= 4 is 19.4 Å². The van der Waals surface area contributed by atoms with E-state index in [0.717, 1.165) is 21.9 Å². The number of hydrogen-bond donors (Lipinski definition) is 0. The Bertz CT molecular complexity index is 422. The number of piperidine rings is 1. The van der Waals surface area contributed by atoms with E-state index < -0.39 is 13.6 Å². The average molecular weight is 288 g/mol. The third-order valence-electron chi connectivity index (χ3n) is 4.79. The standard InChI is InChI=1S/C8H8O.C5H10N.2C2H5.Al/c1-7(9)8-5-3-2-4-6-8;1-2-4-6-5-3-1;2*1-2;/h2-6,9H,1H2;1-5H2;2*1H2,2H3;/q;-1;;;+1/p-1. The van der Waals surface area contributed by atoms with Crippen molar-refractivity contribution in [3.63, 3.8) is 0 Å². The Hall–Kier alpha value is -0.748. The summed E-state index contributed by atoms with van der Waals surface area (Å²) in [6.45, 7) is 11.2. The number of hydrogen-bond acceptors (Lipinski definition) is 2. The van der Waals surface area contributed by atoms with E-state index in [1.54, 1.807) is 0 Å². The molecule has 1 aliphatic heterocycles. The Kier molecular flexibility index (Phi) is 5.72. The summed E-state index contributed by atoms with van der Waals surface area (Å²) in [4.78, 5) is 0. The van der Waals surface area contributed by atoms with Gasteiger partial charge >= 0.3 is 13.6 Å². The lowest BCUT2D eigenvalue weighted by molar-refractivity contribution is 0.281. The highest BCUT2D eigenvalue weighted by Gasteiger charge is 2.39. The first-order valence-electron chi connectivity index (χ1n) is 8.08. The third-order valence-corrected chi connectivity index (χ3v) is 9.91. The molecule has 110 valence electrons. The van der Waals surface area contributed by atoms with Gasteiger partial charge in [0.15, 0.2) is 0 Å². The first kappa shape index (κ1) is 15.6. The van der Waals surface area contributed by atoms with Crippen LogP contribution in [0.1, 0.15) is 38.7 Å². The van der Waals surface area contributed by atoms with Gasteiger partial charge in [0.05, 0.1) is 0 Å². The molecule has 0 aromatic heterocycles. The molecule has 2 nitrogen and oxygen atoms in total. The van der Waals surface area contributed by atoms with E-state index in [9.17, 15) is 0 Å². The Morgan fingerprint density at radius 1 is 1.10 bits per heavy atom. The van der Waals surface area contributed by atoms with Crippen molar-refractivity contribution < 1.29 is 3.79 Å². The molecule has 0 unspecified atom stereocenters. The lowest BCUT2D eigenvalue weighted by Gasteiger charge is -2.50. The van der Waals surface area contributed by atoms with Crippen LogP contribution in [0.25, 0.3) is 5.76 Å². The van der Waals surface area contributed by atoms with E-state index in [1.807, 2.05) is 6.07 Å². The molecule has 2 rings (SSSR count). The minimum absolute atomic E-state index is 0.866. The van der Waals surface area contributed by atoms with Gasteiger partial charge in [-0.25, -0.2) is 0 Å². The summed E-state index contributed by atoms with van der Waals surface area (Å²) in [6, 6.07) is 10.3. The fraction of sp³-hybridized carbons (Fsp3) is 0.529. The van der Waals surface area contributed by atoms with Crippen molar-refractivity contribution in [1.82, 2.24) is 3.88 Å². The van der Waals surface area contributed by atoms with E-state index in [-0.39, 0.29) is 0 Å². The molecule has 0 bridgehead atoms. The van der Waals surface area contributed by atoms with Gasteiger partial charge in [0.2, 0.25) is 0 Å². The van der Waals surface area contributed by atoms with Gasteiger partial charge in [0.25, 0.3) is 0 Å². The van der Waals surface area contributed by atoms with Gasteiger partial charge in [-0.05, 0) is 25.9 Å². The fourth-order valence-corrected chi connectivity index (χ4v) is 7.46. The van der Waals surface area contributed by atoms with E-state index in [4.69, 9.17) is 3.79 Å². The second-order valence-electron chi connectivity index (χ2n) is 5.91. The fourth-order valence-electron chi connectivity index (χ4n) is 3.39. The van der Waals surface area contributed by atoms with Gasteiger partial charge in [-0.1, -0.05) is 57.2 Å². The van der Waals surface area contributed by atoms with Gasteiger partial charge < -0.3 is 7.67 Å². The molecule has 1 fully saturated rings. The van der Waals surface area contributed by atoms with Crippen LogP contribution in [0.5, 0.6) is 0 Å². The summed E-state index contributed by atoms with van der Waals surface area (Å²) >= 11 is -2.19.